The van der Waals surface area contributed by atoms with Gasteiger partial charge in [-0.2, -0.15) is 23.4 Å². The molecule has 1 atom stereocenters. The highest BCUT2D eigenvalue weighted by atomic mass is 35.5. The average molecular weight is 474 g/mol. The largest absolute Gasteiger partial charge is 0.435 e. The van der Waals surface area contributed by atoms with E-state index in [0.717, 1.165) is 21.7 Å². The van der Waals surface area contributed by atoms with Gasteiger partial charge in [0.15, 0.2) is 5.69 Å². The molecule has 0 fully saturated rings. The van der Waals surface area contributed by atoms with Gasteiger partial charge in [-0.25, -0.2) is 9.67 Å². The molecule has 33 heavy (non-hydrogen) atoms. The Kier molecular flexibility index (Phi) is 4.85. The minimum atomic E-state index is -4.65. The molecule has 1 aliphatic rings. The lowest BCUT2D eigenvalue weighted by molar-refractivity contribution is -0.141. The number of H-pyrrole nitrogens is 1. The number of nitrogens with zero attached hydrogens (tertiary/aromatic N) is 4. The first kappa shape index (κ1) is 21.0. The number of fused-ring (bicyclic) bond motifs is 2. The van der Waals surface area contributed by atoms with Gasteiger partial charge in [-0.05, 0) is 36.8 Å². The van der Waals surface area contributed by atoms with Crippen molar-refractivity contribution in [3.63, 3.8) is 0 Å². The van der Waals surface area contributed by atoms with E-state index in [-0.39, 0.29) is 16.5 Å². The van der Waals surface area contributed by atoms with Gasteiger partial charge in [0.2, 0.25) is 0 Å². The summed E-state index contributed by atoms with van der Waals surface area (Å²) in [5.41, 5.74) is 1.26. The van der Waals surface area contributed by atoms with Crippen LogP contribution in [0.15, 0.2) is 60.1 Å². The zero-order valence-electron chi connectivity index (χ0n) is 16.9. The van der Waals surface area contributed by atoms with Crippen molar-refractivity contribution < 1.29 is 18.0 Å². The number of aromatic nitrogens is 5. The van der Waals surface area contributed by atoms with E-state index >= 15 is 0 Å². The quantitative estimate of drug-likeness (QED) is 0.373. The first-order valence-electron chi connectivity index (χ1n) is 9.71. The fourth-order valence-electron chi connectivity index (χ4n) is 3.78. The third-order valence-corrected chi connectivity index (χ3v) is 5.50. The van der Waals surface area contributed by atoms with Crippen molar-refractivity contribution >= 4 is 39.9 Å². The average Bonchev–Trinajstić information content (AvgIpc) is 3.39. The number of alkyl halides is 3. The summed E-state index contributed by atoms with van der Waals surface area (Å²) in [7, 11) is 0. The van der Waals surface area contributed by atoms with E-state index in [1.54, 1.807) is 37.4 Å². The second-order valence-electron chi connectivity index (χ2n) is 7.46. The van der Waals surface area contributed by atoms with Gasteiger partial charge in [-0.15, -0.1) is 0 Å². The van der Waals surface area contributed by atoms with Gasteiger partial charge >= 0.3 is 6.18 Å². The van der Waals surface area contributed by atoms with E-state index in [1.165, 1.54) is 12.3 Å². The predicted molar refractivity (Wildman–Crippen MR) is 116 cm³/mol. The van der Waals surface area contributed by atoms with Crippen LogP contribution >= 0.6 is 11.6 Å². The van der Waals surface area contributed by atoms with Gasteiger partial charge in [0.05, 0.1) is 17.3 Å². The molecule has 0 aliphatic carbocycles. The zero-order valence-corrected chi connectivity index (χ0v) is 17.7. The summed E-state index contributed by atoms with van der Waals surface area (Å²) in [5.74, 6) is -0.395. The third kappa shape index (κ3) is 3.80. The molecule has 12 heteroatoms. The van der Waals surface area contributed by atoms with E-state index in [2.05, 4.69) is 30.9 Å². The number of hydrogen-bond acceptors (Lipinski definition) is 5. The van der Waals surface area contributed by atoms with Crippen molar-refractivity contribution in [1.82, 2.24) is 25.0 Å². The highest BCUT2D eigenvalue weighted by molar-refractivity contribution is 6.29. The van der Waals surface area contributed by atoms with Gasteiger partial charge in [-0.1, -0.05) is 17.7 Å². The van der Waals surface area contributed by atoms with Gasteiger partial charge in [0.1, 0.15) is 17.0 Å². The molecule has 4 heterocycles. The Labute approximate surface area is 189 Å². The second kappa shape index (κ2) is 7.62. The number of benzene rings is 1. The minimum Gasteiger partial charge on any atom is -0.344 e. The van der Waals surface area contributed by atoms with Crippen molar-refractivity contribution in [2.75, 3.05) is 10.6 Å². The first-order chi connectivity index (χ1) is 15.7. The molecule has 1 aliphatic heterocycles. The molecule has 8 nitrogen and oxygen atoms in total. The molecule has 1 aromatic carbocycles. The van der Waals surface area contributed by atoms with Crippen LogP contribution in [0.3, 0.4) is 0 Å². The highest BCUT2D eigenvalue weighted by Gasteiger charge is 2.39. The number of carbonyl (C=O) groups is 1. The van der Waals surface area contributed by atoms with Crippen molar-refractivity contribution in [1.29, 1.82) is 0 Å². The van der Waals surface area contributed by atoms with Crippen molar-refractivity contribution in [3.05, 3.63) is 76.5 Å². The smallest absolute Gasteiger partial charge is 0.344 e. The monoisotopic (exact) mass is 473 g/mol. The lowest BCUT2D eigenvalue weighted by Crippen LogP contribution is -2.31. The van der Waals surface area contributed by atoms with E-state index in [9.17, 15) is 18.0 Å². The zero-order chi connectivity index (χ0) is 23.3. The molecule has 1 amide bonds. The number of carbonyl (C=O) groups excluding carboxylic acids is 1. The Hall–Kier alpha value is -3.86. The number of nitrogens with one attached hydrogen (secondary N) is 3. The summed E-state index contributed by atoms with van der Waals surface area (Å²) in [6.07, 6.45) is -1.62. The SMILES string of the molecule is CC1=C(C(=O)Nc2ccc3[nH]ncc3c2)C(c2ccc(Cl)nc2)n2nc(C(F)(F)F)cc2N1. The van der Waals surface area contributed by atoms with Crippen LogP contribution in [0.2, 0.25) is 5.15 Å². The number of rotatable bonds is 3. The fraction of sp³-hybridized carbons (Fsp3) is 0.143. The van der Waals surface area contributed by atoms with E-state index in [0.29, 0.717) is 16.9 Å². The summed E-state index contributed by atoms with van der Waals surface area (Å²) in [6.45, 7) is 1.62. The number of aromatic amines is 1. The maximum atomic E-state index is 13.4. The van der Waals surface area contributed by atoms with Crippen LogP contribution in [-0.4, -0.2) is 30.9 Å². The molecule has 0 bridgehead atoms. The Morgan fingerprint density at radius 3 is 2.73 bits per heavy atom. The highest BCUT2D eigenvalue weighted by Crippen LogP contribution is 2.39. The molecule has 1 unspecified atom stereocenters. The molecule has 5 rings (SSSR count). The molecule has 3 N–H and O–H groups in total. The van der Waals surface area contributed by atoms with Crippen LogP contribution in [0, 0.1) is 0 Å². The summed E-state index contributed by atoms with van der Waals surface area (Å²) in [4.78, 5) is 17.4. The summed E-state index contributed by atoms with van der Waals surface area (Å²) >= 11 is 5.89. The normalized spacial score (nSPS) is 16.0. The van der Waals surface area contributed by atoms with Crippen LogP contribution in [0.1, 0.15) is 24.2 Å². The lowest BCUT2D eigenvalue weighted by Gasteiger charge is -2.29. The number of anilines is 2. The van der Waals surface area contributed by atoms with Crippen LogP contribution in [0.4, 0.5) is 24.7 Å². The molecular formula is C21H15ClF3N7O. The maximum absolute atomic E-state index is 13.4. The van der Waals surface area contributed by atoms with Gasteiger partial charge in [0.25, 0.3) is 5.91 Å². The summed E-state index contributed by atoms with van der Waals surface area (Å²) < 4.78 is 41.2. The molecule has 0 saturated heterocycles. The molecule has 168 valence electrons. The third-order valence-electron chi connectivity index (χ3n) is 5.27. The molecule has 3 aromatic heterocycles. The van der Waals surface area contributed by atoms with Crippen molar-refractivity contribution in [2.45, 2.75) is 19.1 Å². The van der Waals surface area contributed by atoms with Gasteiger partial charge in [-0.3, -0.25) is 9.89 Å². The Bertz CT molecular complexity index is 1410. The first-order valence-corrected chi connectivity index (χ1v) is 10.1. The standard InChI is InChI=1S/C21H15ClF3N7O/c1-10-18(20(33)29-13-3-4-14-12(6-13)9-27-30-14)19(11-2-5-16(22)26-8-11)32-17(28-10)7-15(31-32)21(23,24)25/h2-9,19,28H,1H3,(H,27,30)(H,29,33). The topological polar surface area (TPSA) is 101 Å². The van der Waals surface area contributed by atoms with E-state index in [1.807, 2.05) is 0 Å². The molecule has 0 spiro atoms. The van der Waals surface area contributed by atoms with Crippen molar-refractivity contribution in [2.24, 2.45) is 0 Å². The van der Waals surface area contributed by atoms with E-state index < -0.39 is 23.8 Å². The fourth-order valence-corrected chi connectivity index (χ4v) is 3.89. The lowest BCUT2D eigenvalue weighted by atomic mass is 9.96. The van der Waals surface area contributed by atoms with Crippen LogP contribution < -0.4 is 10.6 Å². The number of allylic oxidation sites excluding steroid dienone is 1. The maximum Gasteiger partial charge on any atom is 0.435 e. The molecule has 4 aromatic rings. The number of amides is 1. The van der Waals surface area contributed by atoms with Crippen LogP contribution in [-0.2, 0) is 11.0 Å². The Morgan fingerprint density at radius 2 is 2.00 bits per heavy atom. The Balaban J connectivity index is 1.58. The summed E-state index contributed by atoms with van der Waals surface area (Å²) in [5, 5.41) is 17.2. The van der Waals surface area contributed by atoms with E-state index in [4.69, 9.17) is 11.6 Å². The summed E-state index contributed by atoms with van der Waals surface area (Å²) in [6, 6.07) is 8.25. The second-order valence-corrected chi connectivity index (χ2v) is 7.85. The number of halogens is 4. The molecular weight excluding hydrogens is 459 g/mol. The molecule has 0 radical (unpaired) electrons. The predicted octanol–water partition coefficient (Wildman–Crippen LogP) is 4.75. The van der Waals surface area contributed by atoms with Gasteiger partial charge < -0.3 is 10.6 Å². The minimum absolute atomic E-state index is 0.108. The number of pyridine rings is 1. The number of hydrogen-bond donors (Lipinski definition) is 3. The van der Waals surface area contributed by atoms with Gasteiger partial charge in [0, 0.05) is 29.0 Å². The Morgan fingerprint density at radius 1 is 1.18 bits per heavy atom. The van der Waals surface area contributed by atoms with Crippen molar-refractivity contribution in [3.8, 4) is 0 Å². The van der Waals surface area contributed by atoms with Crippen LogP contribution in [0.25, 0.3) is 10.9 Å². The van der Waals surface area contributed by atoms with Crippen LogP contribution in [0.5, 0.6) is 0 Å². The molecule has 0 saturated carbocycles.